The summed E-state index contributed by atoms with van der Waals surface area (Å²) in [6, 6.07) is -0.317. The first-order valence-electron chi connectivity index (χ1n) is 9.80. The van der Waals surface area contributed by atoms with Crippen molar-refractivity contribution in [2.45, 2.75) is 38.6 Å². The number of amides is 3. The first kappa shape index (κ1) is 18.4. The summed E-state index contributed by atoms with van der Waals surface area (Å²) in [6.45, 7) is 5.53. The van der Waals surface area contributed by atoms with E-state index in [-0.39, 0.29) is 23.8 Å². The molecule has 7 nitrogen and oxygen atoms in total. The topological polar surface area (TPSA) is 73.8 Å². The second-order valence-electron chi connectivity index (χ2n) is 7.82. The van der Waals surface area contributed by atoms with Crippen molar-refractivity contribution in [1.82, 2.24) is 19.7 Å². The maximum atomic E-state index is 13.0. The van der Waals surface area contributed by atoms with Crippen LogP contribution in [0.15, 0.2) is 11.7 Å². The number of rotatable bonds is 5. The lowest BCUT2D eigenvalue weighted by Crippen LogP contribution is -2.49. The van der Waals surface area contributed by atoms with Crippen molar-refractivity contribution in [3.63, 3.8) is 0 Å². The Morgan fingerprint density at radius 1 is 1.22 bits per heavy atom. The number of carbonyl (C=O) groups is 3. The van der Waals surface area contributed by atoms with Gasteiger partial charge in [0, 0.05) is 62.1 Å². The lowest BCUT2D eigenvalue weighted by atomic mass is 10.0. The third kappa shape index (κ3) is 3.59. The van der Waals surface area contributed by atoms with Gasteiger partial charge >= 0.3 is 0 Å². The Morgan fingerprint density at radius 2 is 1.93 bits per heavy atom. The first-order valence-corrected chi connectivity index (χ1v) is 10.7. The average Bonchev–Trinajstić information content (AvgIpc) is 3.40. The van der Waals surface area contributed by atoms with E-state index < -0.39 is 0 Å². The molecule has 1 aromatic rings. The van der Waals surface area contributed by atoms with E-state index in [0.717, 1.165) is 24.4 Å². The van der Waals surface area contributed by atoms with Crippen molar-refractivity contribution in [1.29, 1.82) is 0 Å². The molecule has 8 heteroatoms. The Kier molecular flexibility index (Phi) is 5.16. The molecule has 0 aliphatic carbocycles. The van der Waals surface area contributed by atoms with E-state index in [1.807, 2.05) is 16.7 Å². The quantitative estimate of drug-likeness (QED) is 0.752. The Balaban J connectivity index is 1.33. The molecule has 0 saturated carbocycles. The van der Waals surface area contributed by atoms with Crippen LogP contribution in [0.4, 0.5) is 0 Å². The van der Waals surface area contributed by atoms with Gasteiger partial charge in [0.05, 0.1) is 11.9 Å². The average molecular weight is 391 g/mol. The maximum Gasteiger partial charge on any atom is 0.245 e. The normalized spacial score (nSPS) is 26.0. The second kappa shape index (κ2) is 7.58. The summed E-state index contributed by atoms with van der Waals surface area (Å²) in [5, 5.41) is 0. The Morgan fingerprint density at radius 3 is 2.48 bits per heavy atom. The van der Waals surface area contributed by atoms with Crippen molar-refractivity contribution in [2.75, 3.05) is 32.7 Å². The van der Waals surface area contributed by atoms with Gasteiger partial charge in [-0.25, -0.2) is 0 Å². The number of thiazole rings is 1. The highest BCUT2D eigenvalue weighted by molar-refractivity contribution is 7.09. The van der Waals surface area contributed by atoms with Crippen LogP contribution in [0.2, 0.25) is 0 Å². The van der Waals surface area contributed by atoms with Gasteiger partial charge in [0.25, 0.3) is 0 Å². The smallest absolute Gasteiger partial charge is 0.245 e. The van der Waals surface area contributed by atoms with Crippen LogP contribution in [0.1, 0.15) is 31.1 Å². The lowest BCUT2D eigenvalue weighted by Gasteiger charge is -2.30. The molecule has 3 aliphatic heterocycles. The third-order valence-electron chi connectivity index (χ3n) is 6.12. The van der Waals surface area contributed by atoms with Crippen LogP contribution in [0, 0.1) is 11.8 Å². The molecule has 0 N–H and O–H groups in total. The maximum absolute atomic E-state index is 13.0. The number of hydrogen-bond acceptors (Lipinski definition) is 5. The first-order chi connectivity index (χ1) is 13.1. The highest BCUT2D eigenvalue weighted by Gasteiger charge is 2.45. The zero-order valence-corrected chi connectivity index (χ0v) is 16.5. The molecule has 0 aromatic carbocycles. The van der Waals surface area contributed by atoms with Gasteiger partial charge in [0.15, 0.2) is 0 Å². The summed E-state index contributed by atoms with van der Waals surface area (Å²) in [7, 11) is 0. The zero-order chi connectivity index (χ0) is 19.0. The monoisotopic (exact) mass is 390 g/mol. The second-order valence-corrected chi connectivity index (χ2v) is 8.79. The Hall–Kier alpha value is -1.96. The minimum absolute atomic E-state index is 0.0877. The number of likely N-dealkylation sites (tertiary alicyclic amines) is 3. The molecule has 146 valence electrons. The summed E-state index contributed by atoms with van der Waals surface area (Å²) >= 11 is 1.51. The van der Waals surface area contributed by atoms with Crippen LogP contribution in [0.3, 0.4) is 0 Å². The van der Waals surface area contributed by atoms with Crippen molar-refractivity contribution in [2.24, 2.45) is 11.8 Å². The van der Waals surface area contributed by atoms with E-state index in [9.17, 15) is 14.4 Å². The minimum atomic E-state index is -0.317. The number of fused-ring (bicyclic) bond motifs is 1. The zero-order valence-electron chi connectivity index (χ0n) is 15.7. The van der Waals surface area contributed by atoms with Crippen LogP contribution >= 0.6 is 11.3 Å². The Labute approximate surface area is 163 Å². The van der Waals surface area contributed by atoms with Crippen LogP contribution < -0.4 is 0 Å². The molecule has 3 atom stereocenters. The molecule has 0 bridgehead atoms. The number of aromatic nitrogens is 1. The molecule has 1 unspecified atom stereocenters. The molecular formula is C19H26N4O3S. The standard InChI is InChI=1S/C19H26N4O3S/c1-2-16(23-5-3-4-17(23)24)19(26)22-10-13-8-21(9-14(13)11-22)18(25)6-15-7-20-12-27-15/h7,12-14,16H,2-6,8-11H2,1H3/t13-,14+,16?. The number of nitrogens with zero attached hydrogens (tertiary/aromatic N) is 4. The molecule has 3 saturated heterocycles. The van der Waals surface area contributed by atoms with E-state index in [0.29, 0.717) is 50.7 Å². The summed E-state index contributed by atoms with van der Waals surface area (Å²) in [5.41, 5.74) is 1.75. The van der Waals surface area contributed by atoms with Gasteiger partial charge in [-0.05, 0) is 12.8 Å². The van der Waals surface area contributed by atoms with Crippen molar-refractivity contribution >= 4 is 29.1 Å². The highest BCUT2D eigenvalue weighted by atomic mass is 32.1. The van der Waals surface area contributed by atoms with Crippen molar-refractivity contribution in [3.8, 4) is 0 Å². The molecule has 1 aromatic heterocycles. The molecule has 3 fully saturated rings. The van der Waals surface area contributed by atoms with E-state index in [1.54, 1.807) is 16.6 Å². The van der Waals surface area contributed by atoms with E-state index in [2.05, 4.69) is 4.98 Å². The fourth-order valence-corrected chi connectivity index (χ4v) is 5.29. The SMILES string of the molecule is CCC(C(=O)N1C[C@H]2CN(C(=O)Cc3cncs3)C[C@H]2C1)N1CCCC1=O. The number of hydrogen-bond donors (Lipinski definition) is 0. The van der Waals surface area contributed by atoms with Crippen LogP contribution in [0.25, 0.3) is 0 Å². The van der Waals surface area contributed by atoms with Gasteiger partial charge in [-0.2, -0.15) is 0 Å². The third-order valence-corrected chi connectivity index (χ3v) is 6.90. The largest absolute Gasteiger partial charge is 0.342 e. The lowest BCUT2D eigenvalue weighted by molar-refractivity contribution is -0.143. The summed E-state index contributed by atoms with van der Waals surface area (Å²) in [6.07, 6.45) is 4.25. The molecule has 0 radical (unpaired) electrons. The number of carbonyl (C=O) groups excluding carboxylic acids is 3. The molecule has 27 heavy (non-hydrogen) atoms. The molecule has 3 aliphatic rings. The van der Waals surface area contributed by atoms with Gasteiger partial charge in [-0.15, -0.1) is 11.3 Å². The van der Waals surface area contributed by atoms with Crippen molar-refractivity contribution in [3.05, 3.63) is 16.6 Å². The van der Waals surface area contributed by atoms with Crippen LogP contribution in [-0.2, 0) is 20.8 Å². The van der Waals surface area contributed by atoms with E-state index >= 15 is 0 Å². The van der Waals surface area contributed by atoms with E-state index in [4.69, 9.17) is 0 Å². The van der Waals surface area contributed by atoms with Gasteiger partial charge < -0.3 is 14.7 Å². The van der Waals surface area contributed by atoms with Gasteiger partial charge in [0.2, 0.25) is 17.7 Å². The van der Waals surface area contributed by atoms with E-state index in [1.165, 1.54) is 11.3 Å². The Bertz CT molecular complexity index is 709. The fraction of sp³-hybridized carbons (Fsp3) is 0.684. The predicted octanol–water partition coefficient (Wildman–Crippen LogP) is 1.00. The molecule has 3 amide bonds. The van der Waals surface area contributed by atoms with Gasteiger partial charge in [-0.3, -0.25) is 19.4 Å². The van der Waals surface area contributed by atoms with Gasteiger partial charge in [0.1, 0.15) is 6.04 Å². The van der Waals surface area contributed by atoms with Crippen molar-refractivity contribution < 1.29 is 14.4 Å². The highest BCUT2D eigenvalue weighted by Crippen LogP contribution is 2.32. The minimum Gasteiger partial charge on any atom is -0.342 e. The van der Waals surface area contributed by atoms with Gasteiger partial charge in [-0.1, -0.05) is 6.92 Å². The molecular weight excluding hydrogens is 364 g/mol. The molecule has 0 spiro atoms. The van der Waals surface area contributed by atoms with Crippen LogP contribution in [0.5, 0.6) is 0 Å². The summed E-state index contributed by atoms with van der Waals surface area (Å²) in [4.78, 5) is 48.2. The predicted molar refractivity (Wildman–Crippen MR) is 101 cm³/mol. The summed E-state index contributed by atoms with van der Waals surface area (Å²) in [5.74, 6) is 1.05. The molecule has 4 rings (SSSR count). The molecule has 4 heterocycles. The summed E-state index contributed by atoms with van der Waals surface area (Å²) < 4.78 is 0. The fourth-order valence-electron chi connectivity index (χ4n) is 4.70. The van der Waals surface area contributed by atoms with Crippen LogP contribution in [-0.4, -0.2) is 76.2 Å².